The van der Waals surface area contributed by atoms with Gasteiger partial charge in [0.25, 0.3) is 5.56 Å². The maximum atomic E-state index is 13.9. The fraction of sp³-hybridized carbons (Fsp3) is 0.154. The monoisotopic (exact) mass is 359 g/mol. The Morgan fingerprint density at radius 2 is 1.48 bits per heavy atom. The number of hydrogen-bond acceptors (Lipinski definition) is 1. The lowest BCUT2D eigenvalue weighted by Gasteiger charge is -2.12. The lowest BCUT2D eigenvalue weighted by Crippen LogP contribution is -2.15. The van der Waals surface area contributed by atoms with Gasteiger partial charge in [-0.1, -0.05) is 11.6 Å². The van der Waals surface area contributed by atoms with E-state index < -0.39 is 51.0 Å². The number of benzene rings is 1. The predicted octanol–water partition coefficient (Wildman–Crippen LogP) is 4.87. The van der Waals surface area contributed by atoms with E-state index in [0.717, 1.165) is 0 Å². The molecule has 1 heterocycles. The first-order chi connectivity index (χ1) is 10.4. The number of alkyl halides is 6. The summed E-state index contributed by atoms with van der Waals surface area (Å²) in [5.74, 6) is -1.56. The Balaban J connectivity index is 2.71. The molecule has 1 aromatic heterocycles. The molecule has 0 radical (unpaired) electrons. The van der Waals surface area contributed by atoms with Gasteiger partial charge < -0.3 is 4.98 Å². The lowest BCUT2D eigenvalue weighted by atomic mass is 10.0. The average Bonchev–Trinajstić information content (AvgIpc) is 2.37. The predicted molar refractivity (Wildman–Crippen MR) is 67.5 cm³/mol. The van der Waals surface area contributed by atoms with Crippen molar-refractivity contribution in [3.05, 3.63) is 56.7 Å². The van der Waals surface area contributed by atoms with E-state index in [2.05, 4.69) is 0 Å². The highest BCUT2D eigenvalue weighted by atomic mass is 35.5. The topological polar surface area (TPSA) is 32.9 Å². The molecule has 0 aliphatic heterocycles. The Kier molecular flexibility index (Phi) is 4.18. The van der Waals surface area contributed by atoms with Crippen molar-refractivity contribution in [2.24, 2.45) is 0 Å². The molecule has 124 valence electrons. The van der Waals surface area contributed by atoms with E-state index in [1.807, 2.05) is 0 Å². The van der Waals surface area contributed by atoms with Gasteiger partial charge in [0.05, 0.1) is 21.7 Å². The van der Waals surface area contributed by atoms with Crippen LogP contribution in [0, 0.1) is 5.82 Å². The number of H-pyrrole nitrogens is 1. The second-order valence-corrected chi connectivity index (χ2v) is 4.85. The van der Waals surface area contributed by atoms with Gasteiger partial charge in [-0.2, -0.15) is 26.3 Å². The summed E-state index contributed by atoms with van der Waals surface area (Å²) in [6, 6.07) is 0.705. The molecule has 0 amide bonds. The van der Waals surface area contributed by atoms with Crippen molar-refractivity contribution in [1.29, 1.82) is 0 Å². The number of aromatic amines is 1. The van der Waals surface area contributed by atoms with Gasteiger partial charge in [0.1, 0.15) is 5.82 Å². The van der Waals surface area contributed by atoms with Gasteiger partial charge in [0.2, 0.25) is 0 Å². The zero-order chi connectivity index (χ0) is 17.6. The molecule has 2 nitrogen and oxygen atoms in total. The summed E-state index contributed by atoms with van der Waals surface area (Å²) < 4.78 is 89.5. The van der Waals surface area contributed by atoms with E-state index in [-0.39, 0.29) is 6.07 Å². The van der Waals surface area contributed by atoms with Crippen LogP contribution in [0.5, 0.6) is 0 Å². The minimum atomic E-state index is -4.90. The minimum absolute atomic E-state index is 0.0565. The lowest BCUT2D eigenvalue weighted by molar-refractivity contribution is -0.138. The molecule has 1 N–H and O–H groups in total. The van der Waals surface area contributed by atoms with Gasteiger partial charge in [-0.15, -0.1) is 0 Å². The van der Waals surface area contributed by atoms with E-state index in [1.165, 1.54) is 0 Å². The Labute approximate surface area is 128 Å². The molecule has 0 fully saturated rings. The van der Waals surface area contributed by atoms with E-state index in [9.17, 15) is 35.5 Å². The Bertz CT molecular complexity index is 784. The average molecular weight is 360 g/mol. The number of aromatic nitrogens is 1. The Morgan fingerprint density at radius 3 is 1.96 bits per heavy atom. The third-order valence-corrected chi connectivity index (χ3v) is 3.17. The number of rotatable bonds is 1. The summed E-state index contributed by atoms with van der Waals surface area (Å²) in [4.78, 5) is 13.4. The van der Waals surface area contributed by atoms with E-state index in [4.69, 9.17) is 11.6 Å². The van der Waals surface area contributed by atoms with Crippen molar-refractivity contribution in [2.75, 3.05) is 0 Å². The van der Waals surface area contributed by atoms with Gasteiger partial charge >= 0.3 is 12.4 Å². The molecule has 0 saturated heterocycles. The van der Waals surface area contributed by atoms with Crippen molar-refractivity contribution in [2.45, 2.75) is 12.4 Å². The van der Waals surface area contributed by atoms with Crippen LogP contribution in [0.25, 0.3) is 11.1 Å². The largest absolute Gasteiger partial charge is 0.417 e. The molecule has 23 heavy (non-hydrogen) atoms. The van der Waals surface area contributed by atoms with Crippen LogP contribution in [-0.4, -0.2) is 4.98 Å². The SMILES string of the molecule is O=c1[nH]cc(C(F)(F)F)cc1-c1c(F)cc(C(F)(F)F)cc1Cl. The first kappa shape index (κ1) is 17.3. The number of hydrogen-bond donors (Lipinski definition) is 1. The second-order valence-electron chi connectivity index (χ2n) is 4.44. The van der Waals surface area contributed by atoms with Crippen LogP contribution in [0.3, 0.4) is 0 Å². The molecular weight excluding hydrogens is 355 g/mol. The van der Waals surface area contributed by atoms with Crippen LogP contribution in [-0.2, 0) is 12.4 Å². The van der Waals surface area contributed by atoms with Gasteiger partial charge in [-0.05, 0) is 18.2 Å². The Hall–Kier alpha value is -2.03. The Morgan fingerprint density at radius 1 is 0.913 bits per heavy atom. The number of halogens is 8. The maximum Gasteiger partial charge on any atom is 0.417 e. The van der Waals surface area contributed by atoms with Gasteiger partial charge in [-0.3, -0.25) is 4.79 Å². The summed E-state index contributed by atoms with van der Waals surface area (Å²) in [6.45, 7) is 0. The highest BCUT2D eigenvalue weighted by molar-refractivity contribution is 6.33. The first-order valence-electron chi connectivity index (χ1n) is 5.78. The molecule has 0 spiro atoms. The zero-order valence-electron chi connectivity index (χ0n) is 10.7. The quantitative estimate of drug-likeness (QED) is 0.724. The van der Waals surface area contributed by atoms with Crippen molar-refractivity contribution >= 4 is 11.6 Å². The molecule has 0 bridgehead atoms. The molecule has 0 aliphatic carbocycles. The highest BCUT2D eigenvalue weighted by Gasteiger charge is 2.34. The van der Waals surface area contributed by atoms with Gasteiger partial charge in [-0.25, -0.2) is 4.39 Å². The molecule has 0 atom stereocenters. The summed E-state index contributed by atoms with van der Waals surface area (Å²) in [7, 11) is 0. The second kappa shape index (κ2) is 5.55. The maximum absolute atomic E-state index is 13.9. The zero-order valence-corrected chi connectivity index (χ0v) is 11.5. The summed E-state index contributed by atoms with van der Waals surface area (Å²) in [5, 5.41) is -0.831. The standard InChI is InChI=1S/C13H5ClF7NO/c14-8-2-5(12(16,17)18)3-9(15)10(8)7-1-6(13(19,20)21)4-22-11(7)23/h1-4H,(H,22,23). The minimum Gasteiger partial charge on any atom is -0.328 e. The third-order valence-electron chi connectivity index (χ3n) is 2.87. The number of nitrogens with one attached hydrogen (secondary N) is 1. The fourth-order valence-corrected chi connectivity index (χ4v) is 2.14. The van der Waals surface area contributed by atoms with Crippen LogP contribution >= 0.6 is 11.6 Å². The highest BCUT2D eigenvalue weighted by Crippen LogP contribution is 2.38. The molecule has 10 heteroatoms. The molecule has 0 aliphatic rings. The van der Waals surface area contributed by atoms with Crippen LogP contribution in [0.1, 0.15) is 11.1 Å². The van der Waals surface area contributed by atoms with Crippen LogP contribution in [0.15, 0.2) is 29.2 Å². The van der Waals surface area contributed by atoms with Crippen LogP contribution in [0.4, 0.5) is 30.7 Å². The van der Waals surface area contributed by atoms with E-state index in [1.54, 1.807) is 4.98 Å². The first-order valence-corrected chi connectivity index (χ1v) is 6.15. The summed E-state index contributed by atoms with van der Waals surface area (Å²) >= 11 is 5.54. The van der Waals surface area contributed by atoms with Gasteiger partial charge in [0, 0.05) is 11.8 Å². The van der Waals surface area contributed by atoms with Crippen molar-refractivity contribution in [3.8, 4) is 11.1 Å². The van der Waals surface area contributed by atoms with Crippen molar-refractivity contribution < 1.29 is 30.7 Å². The normalized spacial score (nSPS) is 12.5. The molecule has 2 aromatic rings. The van der Waals surface area contributed by atoms with E-state index in [0.29, 0.717) is 18.3 Å². The fourth-order valence-electron chi connectivity index (χ4n) is 1.83. The van der Waals surface area contributed by atoms with Gasteiger partial charge in [0.15, 0.2) is 0 Å². The smallest absolute Gasteiger partial charge is 0.328 e. The molecule has 0 unspecified atom stereocenters. The number of pyridine rings is 1. The molecule has 2 rings (SSSR count). The van der Waals surface area contributed by atoms with Crippen LogP contribution in [0.2, 0.25) is 5.02 Å². The van der Waals surface area contributed by atoms with Crippen LogP contribution < -0.4 is 5.56 Å². The van der Waals surface area contributed by atoms with Crippen molar-refractivity contribution in [3.63, 3.8) is 0 Å². The summed E-state index contributed by atoms with van der Waals surface area (Å²) in [6.07, 6.45) is -9.38. The summed E-state index contributed by atoms with van der Waals surface area (Å²) in [5.41, 5.74) is -5.52. The molecule has 0 saturated carbocycles. The van der Waals surface area contributed by atoms with Crippen molar-refractivity contribution in [1.82, 2.24) is 4.98 Å². The molecule has 1 aromatic carbocycles. The third kappa shape index (κ3) is 3.49. The van der Waals surface area contributed by atoms with E-state index >= 15 is 0 Å². The molecular formula is C13H5ClF7NO.